The number of aliphatic hydroxyl groups excluding tert-OH is 1. The molecule has 0 radical (unpaired) electrons. The third kappa shape index (κ3) is 3.45. The van der Waals surface area contributed by atoms with Crippen molar-refractivity contribution < 1.29 is 28.5 Å². The average molecular weight is 449 g/mol. The molecule has 7 heteroatoms. The summed E-state index contributed by atoms with van der Waals surface area (Å²) in [6, 6.07) is 13.8. The highest BCUT2D eigenvalue weighted by atomic mass is 19.1. The second kappa shape index (κ2) is 7.71. The number of ether oxygens (including phenoxy) is 1. The summed E-state index contributed by atoms with van der Waals surface area (Å²) in [6.07, 6.45) is 1.84. The van der Waals surface area contributed by atoms with Gasteiger partial charge in [-0.05, 0) is 54.3 Å². The third-order valence-corrected chi connectivity index (χ3v) is 6.47. The first-order valence-electron chi connectivity index (χ1n) is 10.5. The van der Waals surface area contributed by atoms with Crippen molar-refractivity contribution in [2.45, 2.75) is 18.3 Å². The van der Waals surface area contributed by atoms with Crippen LogP contribution in [0, 0.1) is 11.6 Å². The summed E-state index contributed by atoms with van der Waals surface area (Å²) in [5.74, 6) is -2.25. The first kappa shape index (κ1) is 21.2. The maximum atomic E-state index is 14.9. The zero-order valence-electron chi connectivity index (χ0n) is 17.8. The fourth-order valence-corrected chi connectivity index (χ4v) is 4.30. The van der Waals surface area contributed by atoms with Gasteiger partial charge in [-0.2, -0.15) is 0 Å². The molecule has 0 saturated heterocycles. The number of benzene rings is 3. The zero-order chi connectivity index (χ0) is 23.3. The van der Waals surface area contributed by atoms with Crippen LogP contribution >= 0.6 is 0 Å². The molecular weight excluding hydrogens is 428 g/mol. The molecule has 3 aromatic carbocycles. The van der Waals surface area contributed by atoms with Crippen molar-refractivity contribution in [3.8, 4) is 22.8 Å². The SMILES string of the molecule is COc1ccc(C(=O)c2c(O)[nH]c3cc(F)c(-c4ccc(C5(CO)CC5)cc4)cc23)cc1F. The van der Waals surface area contributed by atoms with Crippen LogP contribution < -0.4 is 4.74 Å². The van der Waals surface area contributed by atoms with Gasteiger partial charge in [-0.15, -0.1) is 0 Å². The highest BCUT2D eigenvalue weighted by Gasteiger charge is 2.43. The number of fused-ring (bicyclic) bond motifs is 1. The van der Waals surface area contributed by atoms with Crippen LogP contribution in [0.5, 0.6) is 11.6 Å². The predicted octanol–water partition coefficient (Wildman–Crippen LogP) is 5.08. The van der Waals surface area contributed by atoms with Gasteiger partial charge in [0.05, 0.1) is 24.8 Å². The average Bonchev–Trinajstić information content (AvgIpc) is 3.55. The van der Waals surface area contributed by atoms with Crippen LogP contribution in [0.25, 0.3) is 22.0 Å². The number of hydrogen-bond acceptors (Lipinski definition) is 4. The largest absolute Gasteiger partial charge is 0.494 e. The molecule has 0 spiro atoms. The number of aromatic hydroxyl groups is 1. The van der Waals surface area contributed by atoms with Crippen molar-refractivity contribution in [2.24, 2.45) is 0 Å². The third-order valence-electron chi connectivity index (χ3n) is 6.47. The summed E-state index contributed by atoms with van der Waals surface area (Å²) in [5, 5.41) is 20.4. The number of aliphatic hydroxyl groups is 1. The molecule has 1 aliphatic rings. The summed E-state index contributed by atoms with van der Waals surface area (Å²) in [7, 11) is 1.32. The number of hydrogen-bond donors (Lipinski definition) is 3. The molecule has 1 heterocycles. The minimum absolute atomic E-state index is 0.00308. The quantitative estimate of drug-likeness (QED) is 0.359. The maximum absolute atomic E-state index is 14.9. The Kier molecular flexibility index (Phi) is 4.94. The lowest BCUT2D eigenvalue weighted by molar-refractivity contribution is 0.103. The Labute approximate surface area is 188 Å². The lowest BCUT2D eigenvalue weighted by Gasteiger charge is -2.13. The molecule has 1 fully saturated rings. The monoisotopic (exact) mass is 449 g/mol. The smallest absolute Gasteiger partial charge is 0.200 e. The van der Waals surface area contributed by atoms with E-state index in [0.29, 0.717) is 10.9 Å². The fraction of sp³-hybridized carbons (Fsp3) is 0.192. The number of ketones is 1. The van der Waals surface area contributed by atoms with Gasteiger partial charge in [0.2, 0.25) is 5.88 Å². The molecule has 1 saturated carbocycles. The van der Waals surface area contributed by atoms with E-state index in [1.54, 1.807) is 12.1 Å². The molecule has 168 valence electrons. The molecule has 0 amide bonds. The Balaban J connectivity index is 1.58. The number of methoxy groups -OCH3 is 1. The Hall–Kier alpha value is -3.71. The number of H-pyrrole nitrogens is 1. The maximum Gasteiger partial charge on any atom is 0.200 e. The van der Waals surface area contributed by atoms with Crippen molar-refractivity contribution in [1.29, 1.82) is 0 Å². The van der Waals surface area contributed by atoms with Gasteiger partial charge in [0.15, 0.2) is 17.3 Å². The van der Waals surface area contributed by atoms with Crippen LogP contribution in [-0.2, 0) is 5.41 Å². The van der Waals surface area contributed by atoms with Crippen molar-refractivity contribution in [2.75, 3.05) is 13.7 Å². The molecular formula is C26H21F2NO4. The number of aromatic nitrogens is 1. The van der Waals surface area contributed by atoms with Gasteiger partial charge in [-0.3, -0.25) is 4.79 Å². The van der Waals surface area contributed by atoms with Crippen LogP contribution in [0.1, 0.15) is 34.3 Å². The number of rotatable bonds is 6. The van der Waals surface area contributed by atoms with E-state index in [-0.39, 0.29) is 40.0 Å². The van der Waals surface area contributed by atoms with Gasteiger partial charge >= 0.3 is 0 Å². The molecule has 0 unspecified atom stereocenters. The molecule has 5 nitrogen and oxygen atoms in total. The van der Waals surface area contributed by atoms with Gasteiger partial charge in [0.25, 0.3) is 0 Å². The van der Waals surface area contributed by atoms with Gasteiger partial charge in [0, 0.05) is 21.9 Å². The van der Waals surface area contributed by atoms with Crippen molar-refractivity contribution in [3.05, 3.63) is 82.9 Å². The predicted molar refractivity (Wildman–Crippen MR) is 120 cm³/mol. The molecule has 5 rings (SSSR count). The van der Waals surface area contributed by atoms with Crippen LogP contribution in [0.3, 0.4) is 0 Å². The topological polar surface area (TPSA) is 82.5 Å². The summed E-state index contributed by atoms with van der Waals surface area (Å²) < 4.78 is 34.0. The Morgan fingerprint density at radius 3 is 2.39 bits per heavy atom. The van der Waals surface area contributed by atoms with E-state index in [0.717, 1.165) is 24.5 Å². The van der Waals surface area contributed by atoms with Gasteiger partial charge in [0.1, 0.15) is 5.82 Å². The molecule has 0 aliphatic heterocycles. The van der Waals surface area contributed by atoms with E-state index in [2.05, 4.69) is 4.98 Å². The summed E-state index contributed by atoms with van der Waals surface area (Å²) in [4.78, 5) is 15.7. The minimum atomic E-state index is -0.703. The van der Waals surface area contributed by atoms with Crippen molar-refractivity contribution in [3.63, 3.8) is 0 Å². The summed E-state index contributed by atoms with van der Waals surface area (Å²) >= 11 is 0. The van der Waals surface area contributed by atoms with Crippen molar-refractivity contribution in [1.82, 2.24) is 4.98 Å². The number of carbonyl (C=O) groups is 1. The molecule has 0 bridgehead atoms. The molecule has 4 aromatic rings. The van der Waals surface area contributed by atoms with Crippen LogP contribution in [-0.4, -0.2) is 34.7 Å². The summed E-state index contributed by atoms with van der Waals surface area (Å²) in [5.41, 5.74) is 1.88. The molecule has 3 N–H and O–H groups in total. The van der Waals surface area contributed by atoms with Gasteiger partial charge in [-0.25, -0.2) is 8.78 Å². The first-order chi connectivity index (χ1) is 15.9. The van der Waals surface area contributed by atoms with Crippen LogP contribution in [0.2, 0.25) is 0 Å². The number of nitrogens with one attached hydrogen (secondary N) is 1. The van der Waals surface area contributed by atoms with Gasteiger partial charge < -0.3 is 19.9 Å². The standard InChI is InChI=1S/C26H21F2NO4/c1-33-22-7-4-15(10-20(22)28)24(31)23-18-11-17(19(27)12-21(18)29-25(23)32)14-2-5-16(6-3-14)26(13-30)8-9-26/h2-7,10-12,29-30,32H,8-9,13H2,1H3. The number of carbonyl (C=O) groups excluding carboxylic acids is 1. The normalized spacial score (nSPS) is 14.4. The molecule has 1 aliphatic carbocycles. The summed E-state index contributed by atoms with van der Waals surface area (Å²) in [6.45, 7) is 0.0761. The lowest BCUT2D eigenvalue weighted by Crippen LogP contribution is -2.11. The van der Waals surface area contributed by atoms with E-state index in [1.165, 1.54) is 31.4 Å². The second-order valence-electron chi connectivity index (χ2n) is 8.42. The molecule has 0 atom stereocenters. The second-order valence-corrected chi connectivity index (χ2v) is 8.42. The van der Waals surface area contributed by atoms with E-state index < -0.39 is 23.3 Å². The number of halogens is 2. The van der Waals surface area contributed by atoms with Crippen LogP contribution in [0.15, 0.2) is 54.6 Å². The Morgan fingerprint density at radius 1 is 1.06 bits per heavy atom. The fourth-order valence-electron chi connectivity index (χ4n) is 4.30. The molecule has 33 heavy (non-hydrogen) atoms. The van der Waals surface area contributed by atoms with Crippen molar-refractivity contribution >= 4 is 16.7 Å². The van der Waals surface area contributed by atoms with Crippen LogP contribution in [0.4, 0.5) is 8.78 Å². The number of aromatic amines is 1. The van der Waals surface area contributed by atoms with E-state index in [1.807, 2.05) is 12.1 Å². The Morgan fingerprint density at radius 2 is 1.79 bits per heavy atom. The lowest BCUT2D eigenvalue weighted by atomic mass is 9.93. The molecule has 1 aromatic heterocycles. The van der Waals surface area contributed by atoms with E-state index in [9.17, 15) is 23.8 Å². The Bertz CT molecular complexity index is 1390. The highest BCUT2D eigenvalue weighted by Crippen LogP contribution is 2.48. The van der Waals surface area contributed by atoms with Gasteiger partial charge in [-0.1, -0.05) is 24.3 Å². The van der Waals surface area contributed by atoms with E-state index in [4.69, 9.17) is 4.74 Å². The minimum Gasteiger partial charge on any atom is -0.494 e. The highest BCUT2D eigenvalue weighted by molar-refractivity contribution is 6.18. The van der Waals surface area contributed by atoms with E-state index >= 15 is 0 Å². The first-order valence-corrected chi connectivity index (χ1v) is 10.5. The zero-order valence-corrected chi connectivity index (χ0v) is 17.8.